The first-order valence-corrected chi connectivity index (χ1v) is 6.07. The van der Waals surface area contributed by atoms with Gasteiger partial charge in [-0.2, -0.15) is 0 Å². The SMILES string of the molecule is COC(Cc1ccccc1)(C(=O)O)c1ccccc1. The second kappa shape index (κ2) is 5.67. The van der Waals surface area contributed by atoms with Crippen molar-refractivity contribution in [2.45, 2.75) is 12.0 Å². The van der Waals surface area contributed by atoms with Crippen LogP contribution in [0.3, 0.4) is 0 Å². The van der Waals surface area contributed by atoms with Crippen LogP contribution in [0, 0.1) is 0 Å². The Labute approximate surface area is 112 Å². The molecule has 2 rings (SSSR count). The van der Waals surface area contributed by atoms with E-state index >= 15 is 0 Å². The molecule has 1 atom stereocenters. The van der Waals surface area contributed by atoms with E-state index in [1.165, 1.54) is 7.11 Å². The standard InChI is InChI=1S/C16H16O3/c1-19-16(15(17)18,14-10-6-3-7-11-14)12-13-8-4-2-5-9-13/h2-11H,12H2,1H3,(H,17,18). The van der Waals surface area contributed by atoms with E-state index < -0.39 is 11.6 Å². The van der Waals surface area contributed by atoms with Gasteiger partial charge in [0.1, 0.15) is 0 Å². The van der Waals surface area contributed by atoms with Crippen LogP contribution in [0.1, 0.15) is 11.1 Å². The molecule has 0 fully saturated rings. The van der Waals surface area contributed by atoms with Crippen LogP contribution in [-0.4, -0.2) is 18.2 Å². The zero-order chi connectivity index (χ0) is 13.7. The zero-order valence-corrected chi connectivity index (χ0v) is 10.7. The van der Waals surface area contributed by atoms with E-state index in [1.807, 2.05) is 48.5 Å². The van der Waals surface area contributed by atoms with Crippen molar-refractivity contribution in [2.75, 3.05) is 7.11 Å². The minimum Gasteiger partial charge on any atom is -0.479 e. The number of ether oxygens (including phenoxy) is 1. The predicted octanol–water partition coefficient (Wildman–Crippen LogP) is 2.86. The summed E-state index contributed by atoms with van der Waals surface area (Å²) in [6, 6.07) is 18.5. The van der Waals surface area contributed by atoms with Gasteiger partial charge in [0.2, 0.25) is 0 Å². The van der Waals surface area contributed by atoms with E-state index in [1.54, 1.807) is 12.1 Å². The molecule has 0 saturated carbocycles. The molecule has 0 amide bonds. The van der Waals surface area contributed by atoms with E-state index in [4.69, 9.17) is 4.74 Å². The van der Waals surface area contributed by atoms with Gasteiger partial charge in [-0.3, -0.25) is 0 Å². The molecule has 2 aromatic rings. The lowest BCUT2D eigenvalue weighted by molar-refractivity contribution is -0.163. The summed E-state index contributed by atoms with van der Waals surface area (Å²) in [5.74, 6) is -0.981. The van der Waals surface area contributed by atoms with Gasteiger partial charge in [-0.25, -0.2) is 4.79 Å². The molecule has 19 heavy (non-hydrogen) atoms. The maximum atomic E-state index is 11.7. The second-order valence-electron chi connectivity index (χ2n) is 4.36. The summed E-state index contributed by atoms with van der Waals surface area (Å²) in [4.78, 5) is 11.7. The average Bonchev–Trinajstić information content (AvgIpc) is 2.46. The van der Waals surface area contributed by atoms with Crippen molar-refractivity contribution in [3.05, 3.63) is 71.8 Å². The molecular formula is C16H16O3. The maximum absolute atomic E-state index is 11.7. The van der Waals surface area contributed by atoms with Crippen LogP contribution in [0.25, 0.3) is 0 Å². The monoisotopic (exact) mass is 256 g/mol. The maximum Gasteiger partial charge on any atom is 0.341 e. The molecule has 0 aliphatic rings. The number of benzene rings is 2. The lowest BCUT2D eigenvalue weighted by Gasteiger charge is -2.28. The third-order valence-electron chi connectivity index (χ3n) is 3.23. The van der Waals surface area contributed by atoms with Gasteiger partial charge in [0.25, 0.3) is 0 Å². The second-order valence-corrected chi connectivity index (χ2v) is 4.36. The number of rotatable bonds is 5. The van der Waals surface area contributed by atoms with Crippen LogP contribution >= 0.6 is 0 Å². The fraction of sp³-hybridized carbons (Fsp3) is 0.188. The van der Waals surface area contributed by atoms with Crippen LogP contribution in [0.15, 0.2) is 60.7 Å². The molecular weight excluding hydrogens is 240 g/mol. The first kappa shape index (κ1) is 13.3. The molecule has 0 aliphatic heterocycles. The Bertz CT molecular complexity index is 536. The average molecular weight is 256 g/mol. The van der Waals surface area contributed by atoms with E-state index in [-0.39, 0.29) is 0 Å². The molecule has 0 aromatic heterocycles. The van der Waals surface area contributed by atoms with Gasteiger partial charge in [-0.1, -0.05) is 60.7 Å². The molecule has 2 aromatic carbocycles. The molecule has 0 spiro atoms. The quantitative estimate of drug-likeness (QED) is 0.894. The number of carboxylic acid groups (broad SMARTS) is 1. The largest absolute Gasteiger partial charge is 0.479 e. The summed E-state index contributed by atoms with van der Waals surface area (Å²) < 4.78 is 5.39. The van der Waals surface area contributed by atoms with Crippen LogP contribution in [0.2, 0.25) is 0 Å². The molecule has 1 unspecified atom stereocenters. The van der Waals surface area contributed by atoms with E-state index in [9.17, 15) is 9.90 Å². The predicted molar refractivity (Wildman–Crippen MR) is 72.9 cm³/mol. The van der Waals surface area contributed by atoms with Crippen LogP contribution < -0.4 is 0 Å². The van der Waals surface area contributed by atoms with E-state index in [0.717, 1.165) is 5.56 Å². The normalized spacial score (nSPS) is 13.7. The highest BCUT2D eigenvalue weighted by Crippen LogP contribution is 2.29. The highest BCUT2D eigenvalue weighted by Gasteiger charge is 2.40. The van der Waals surface area contributed by atoms with Gasteiger partial charge in [-0.15, -0.1) is 0 Å². The van der Waals surface area contributed by atoms with Crippen LogP contribution in [-0.2, 0) is 21.6 Å². The smallest absolute Gasteiger partial charge is 0.341 e. The molecule has 3 nitrogen and oxygen atoms in total. The third-order valence-corrected chi connectivity index (χ3v) is 3.23. The van der Waals surface area contributed by atoms with Crippen LogP contribution in [0.5, 0.6) is 0 Å². The summed E-state index contributed by atoms with van der Waals surface area (Å²) in [5.41, 5.74) is 0.229. The van der Waals surface area contributed by atoms with Gasteiger partial charge < -0.3 is 9.84 Å². The Kier molecular flexibility index (Phi) is 3.97. The molecule has 3 heteroatoms. The highest BCUT2D eigenvalue weighted by molar-refractivity contribution is 5.80. The van der Waals surface area contributed by atoms with E-state index in [0.29, 0.717) is 12.0 Å². The Balaban J connectivity index is 2.44. The van der Waals surface area contributed by atoms with Crippen molar-refractivity contribution >= 4 is 5.97 Å². The Morgan fingerprint density at radius 2 is 1.58 bits per heavy atom. The first-order valence-electron chi connectivity index (χ1n) is 6.07. The lowest BCUT2D eigenvalue weighted by Crippen LogP contribution is -2.40. The Hall–Kier alpha value is -2.13. The van der Waals surface area contributed by atoms with Crippen molar-refractivity contribution in [3.8, 4) is 0 Å². The molecule has 1 N–H and O–H groups in total. The minimum absolute atomic E-state index is 0.295. The molecule has 98 valence electrons. The van der Waals surface area contributed by atoms with Crippen LogP contribution in [0.4, 0.5) is 0 Å². The molecule has 0 saturated heterocycles. The number of hydrogen-bond acceptors (Lipinski definition) is 2. The van der Waals surface area contributed by atoms with Gasteiger partial charge in [-0.05, 0) is 11.1 Å². The van der Waals surface area contributed by atoms with Crippen molar-refractivity contribution in [1.82, 2.24) is 0 Å². The number of hydrogen-bond donors (Lipinski definition) is 1. The first-order chi connectivity index (χ1) is 9.19. The topological polar surface area (TPSA) is 46.5 Å². The van der Waals surface area contributed by atoms with E-state index in [2.05, 4.69) is 0 Å². The molecule has 0 radical (unpaired) electrons. The summed E-state index contributed by atoms with van der Waals surface area (Å²) in [6.07, 6.45) is 0.295. The molecule has 0 aliphatic carbocycles. The van der Waals surface area contributed by atoms with Gasteiger partial charge in [0, 0.05) is 13.5 Å². The number of methoxy groups -OCH3 is 1. The van der Waals surface area contributed by atoms with Crippen molar-refractivity contribution in [2.24, 2.45) is 0 Å². The summed E-state index contributed by atoms with van der Waals surface area (Å²) in [5, 5.41) is 9.61. The Morgan fingerprint density at radius 3 is 2.05 bits per heavy atom. The number of carbonyl (C=O) groups is 1. The number of aliphatic carboxylic acids is 1. The summed E-state index contributed by atoms with van der Waals surface area (Å²) in [6.45, 7) is 0. The van der Waals surface area contributed by atoms with Crippen molar-refractivity contribution in [1.29, 1.82) is 0 Å². The van der Waals surface area contributed by atoms with Crippen molar-refractivity contribution < 1.29 is 14.6 Å². The van der Waals surface area contributed by atoms with Gasteiger partial charge >= 0.3 is 5.97 Å². The van der Waals surface area contributed by atoms with Crippen molar-refractivity contribution in [3.63, 3.8) is 0 Å². The molecule has 0 heterocycles. The fourth-order valence-electron chi connectivity index (χ4n) is 2.17. The minimum atomic E-state index is -1.34. The fourth-order valence-corrected chi connectivity index (χ4v) is 2.17. The Morgan fingerprint density at radius 1 is 1.05 bits per heavy atom. The third kappa shape index (κ3) is 2.66. The summed E-state index contributed by atoms with van der Waals surface area (Å²) >= 11 is 0. The number of carboxylic acids is 1. The zero-order valence-electron chi connectivity index (χ0n) is 10.7. The highest BCUT2D eigenvalue weighted by atomic mass is 16.5. The summed E-state index contributed by atoms with van der Waals surface area (Å²) in [7, 11) is 1.43. The molecule has 0 bridgehead atoms. The lowest BCUT2D eigenvalue weighted by atomic mass is 9.87. The van der Waals surface area contributed by atoms with Gasteiger partial charge in [0.05, 0.1) is 0 Å². The van der Waals surface area contributed by atoms with Gasteiger partial charge in [0.15, 0.2) is 5.60 Å².